The molecule has 2 aliphatic heterocycles. The zero-order chi connectivity index (χ0) is 16.8. The molecule has 4 atom stereocenters. The molecule has 2 aliphatic rings. The van der Waals surface area contributed by atoms with Crippen molar-refractivity contribution in [3.8, 4) is 5.75 Å². The number of para-hydroxylation sites is 1. The molecule has 1 amide bonds. The Morgan fingerprint density at radius 3 is 2.65 bits per heavy atom. The van der Waals surface area contributed by atoms with E-state index >= 15 is 0 Å². The van der Waals surface area contributed by atoms with E-state index in [1.165, 1.54) is 0 Å². The summed E-state index contributed by atoms with van der Waals surface area (Å²) in [6, 6.07) is 8.57. The first-order valence-corrected chi connectivity index (χ1v) is 9.17. The standard InChI is InChI=1S/C16H18BrNO4S/c1-9(21-10-7-5-4-6-8-10)22-15(20)12-16(2,3)23-14-11(17)13(19)18(12)14/h4-9,11-12,14H,1-3H3/t9?,11-,12+,14-/m1/s1. The van der Waals surface area contributed by atoms with Gasteiger partial charge < -0.3 is 14.4 Å². The van der Waals surface area contributed by atoms with Crippen LogP contribution in [0.4, 0.5) is 0 Å². The third-order valence-corrected chi connectivity index (χ3v) is 6.74. The fourth-order valence-electron chi connectivity index (χ4n) is 2.89. The van der Waals surface area contributed by atoms with Crippen LogP contribution >= 0.6 is 27.7 Å². The molecule has 5 nitrogen and oxygen atoms in total. The predicted molar refractivity (Wildman–Crippen MR) is 91.4 cm³/mol. The van der Waals surface area contributed by atoms with Gasteiger partial charge in [0.05, 0.1) is 0 Å². The van der Waals surface area contributed by atoms with Gasteiger partial charge in [-0.1, -0.05) is 34.1 Å². The second kappa shape index (κ2) is 6.02. The van der Waals surface area contributed by atoms with E-state index in [1.807, 2.05) is 32.0 Å². The number of alkyl halides is 1. The number of hydrogen-bond donors (Lipinski definition) is 0. The molecular formula is C16H18BrNO4S. The lowest BCUT2D eigenvalue weighted by Crippen LogP contribution is -2.63. The number of β-lactam (4-membered cyclic amide) rings is 1. The van der Waals surface area contributed by atoms with Crippen LogP contribution in [0.1, 0.15) is 20.8 Å². The van der Waals surface area contributed by atoms with Gasteiger partial charge in [-0.15, -0.1) is 11.8 Å². The Kier molecular flexibility index (Phi) is 4.35. The summed E-state index contributed by atoms with van der Waals surface area (Å²) in [7, 11) is 0. The van der Waals surface area contributed by atoms with Gasteiger partial charge in [-0.25, -0.2) is 4.79 Å². The highest BCUT2D eigenvalue weighted by atomic mass is 79.9. The van der Waals surface area contributed by atoms with Crippen molar-refractivity contribution in [3.05, 3.63) is 30.3 Å². The summed E-state index contributed by atoms with van der Waals surface area (Å²) in [5.74, 6) is 0.138. The molecule has 7 heteroatoms. The number of hydrogen-bond acceptors (Lipinski definition) is 5. The molecule has 0 spiro atoms. The number of benzene rings is 1. The topological polar surface area (TPSA) is 55.8 Å². The second-order valence-electron chi connectivity index (χ2n) is 6.10. The smallest absolute Gasteiger partial charge is 0.333 e. The Morgan fingerprint density at radius 1 is 1.35 bits per heavy atom. The van der Waals surface area contributed by atoms with Gasteiger partial charge in [-0.05, 0) is 26.0 Å². The van der Waals surface area contributed by atoms with Crippen LogP contribution in [-0.4, -0.2) is 44.1 Å². The molecule has 0 saturated carbocycles. The molecule has 23 heavy (non-hydrogen) atoms. The maximum Gasteiger partial charge on any atom is 0.333 e. The maximum absolute atomic E-state index is 12.6. The Hall–Kier alpha value is -1.21. The monoisotopic (exact) mass is 399 g/mol. The zero-order valence-corrected chi connectivity index (χ0v) is 15.5. The Labute approximate surface area is 147 Å². The van der Waals surface area contributed by atoms with Gasteiger partial charge in [-0.3, -0.25) is 4.79 Å². The average Bonchev–Trinajstić information content (AvgIpc) is 2.76. The van der Waals surface area contributed by atoms with Crippen LogP contribution in [0.15, 0.2) is 30.3 Å². The molecule has 2 saturated heterocycles. The lowest BCUT2D eigenvalue weighted by Gasteiger charge is -2.41. The van der Waals surface area contributed by atoms with E-state index in [0.717, 1.165) is 0 Å². The van der Waals surface area contributed by atoms with Crippen molar-refractivity contribution in [2.45, 2.75) is 48.1 Å². The molecule has 0 N–H and O–H groups in total. The van der Waals surface area contributed by atoms with Gasteiger partial charge in [0.2, 0.25) is 12.2 Å². The summed E-state index contributed by atoms with van der Waals surface area (Å²) in [5, 5.41) is -0.0135. The van der Waals surface area contributed by atoms with Gasteiger partial charge in [0.15, 0.2) is 0 Å². The number of carbonyl (C=O) groups excluding carboxylic acids is 2. The van der Waals surface area contributed by atoms with Crippen molar-refractivity contribution < 1.29 is 19.1 Å². The van der Waals surface area contributed by atoms with Crippen LogP contribution in [0, 0.1) is 0 Å². The summed E-state index contributed by atoms with van der Waals surface area (Å²) in [5.41, 5.74) is 0. The van der Waals surface area contributed by atoms with Crippen molar-refractivity contribution in [1.82, 2.24) is 4.90 Å². The molecule has 0 radical (unpaired) electrons. The SMILES string of the molecule is CC(OC(=O)[C@@H]1N2C(=O)[C@@H](Br)[C@H]2SC1(C)C)Oc1ccccc1. The van der Waals surface area contributed by atoms with Crippen molar-refractivity contribution in [2.75, 3.05) is 0 Å². The van der Waals surface area contributed by atoms with Crippen molar-refractivity contribution in [2.24, 2.45) is 0 Å². The third-order valence-electron chi connectivity index (χ3n) is 3.93. The molecule has 0 bridgehead atoms. The minimum Gasteiger partial charge on any atom is -0.455 e. The predicted octanol–water partition coefficient (Wildman–Crippen LogP) is 2.78. The summed E-state index contributed by atoms with van der Waals surface area (Å²) in [6.45, 7) is 5.58. The van der Waals surface area contributed by atoms with E-state index in [9.17, 15) is 9.59 Å². The lowest BCUT2D eigenvalue weighted by atomic mass is 9.98. The molecular weight excluding hydrogens is 382 g/mol. The average molecular weight is 400 g/mol. The molecule has 1 aromatic carbocycles. The first-order chi connectivity index (χ1) is 10.8. The summed E-state index contributed by atoms with van der Waals surface area (Å²) in [4.78, 5) is 26.0. The van der Waals surface area contributed by atoms with Crippen LogP contribution in [0.25, 0.3) is 0 Å². The number of rotatable bonds is 4. The number of fused-ring (bicyclic) bond motifs is 1. The third kappa shape index (κ3) is 2.96. The lowest BCUT2D eigenvalue weighted by molar-refractivity contribution is -0.173. The highest BCUT2D eigenvalue weighted by molar-refractivity contribution is 9.10. The largest absolute Gasteiger partial charge is 0.455 e. The fraction of sp³-hybridized carbons (Fsp3) is 0.500. The normalized spacial score (nSPS) is 29.5. The molecule has 1 aromatic rings. The molecule has 3 rings (SSSR count). The van der Waals surface area contributed by atoms with E-state index < -0.39 is 23.0 Å². The maximum atomic E-state index is 12.6. The van der Waals surface area contributed by atoms with Crippen LogP contribution in [0.3, 0.4) is 0 Å². The van der Waals surface area contributed by atoms with E-state index in [4.69, 9.17) is 9.47 Å². The van der Waals surface area contributed by atoms with E-state index in [1.54, 1.807) is 35.7 Å². The zero-order valence-electron chi connectivity index (χ0n) is 13.1. The van der Waals surface area contributed by atoms with Crippen LogP contribution < -0.4 is 4.74 Å². The first kappa shape index (κ1) is 16.6. The second-order valence-corrected chi connectivity index (χ2v) is 8.85. The fourth-order valence-corrected chi connectivity index (χ4v) is 5.24. The Balaban J connectivity index is 1.66. The molecule has 0 aliphatic carbocycles. The molecule has 2 heterocycles. The van der Waals surface area contributed by atoms with Crippen molar-refractivity contribution in [3.63, 3.8) is 0 Å². The van der Waals surface area contributed by atoms with Gasteiger partial charge in [0, 0.05) is 11.7 Å². The summed E-state index contributed by atoms with van der Waals surface area (Å²) >= 11 is 4.98. The van der Waals surface area contributed by atoms with Gasteiger partial charge in [0.1, 0.15) is 22.0 Å². The van der Waals surface area contributed by atoms with Crippen molar-refractivity contribution in [1.29, 1.82) is 0 Å². The first-order valence-electron chi connectivity index (χ1n) is 7.37. The number of amides is 1. The minimum absolute atomic E-state index is 0.0135. The number of thioether (sulfide) groups is 1. The number of ether oxygens (including phenoxy) is 2. The Morgan fingerprint density at radius 2 is 2.00 bits per heavy atom. The van der Waals surface area contributed by atoms with Gasteiger partial charge in [-0.2, -0.15) is 0 Å². The highest BCUT2D eigenvalue weighted by Gasteiger charge is 2.63. The molecule has 2 fully saturated rings. The molecule has 0 aromatic heterocycles. The number of halogens is 1. The number of carbonyl (C=O) groups is 2. The molecule has 1 unspecified atom stereocenters. The van der Waals surface area contributed by atoms with Gasteiger partial charge in [0.25, 0.3) is 0 Å². The minimum atomic E-state index is -0.721. The summed E-state index contributed by atoms with van der Waals surface area (Å²) in [6.07, 6.45) is -0.721. The van der Waals surface area contributed by atoms with Crippen LogP contribution in [0.5, 0.6) is 5.75 Å². The van der Waals surface area contributed by atoms with Crippen LogP contribution in [-0.2, 0) is 14.3 Å². The van der Waals surface area contributed by atoms with E-state index in [0.29, 0.717) is 5.75 Å². The molecule has 124 valence electrons. The van der Waals surface area contributed by atoms with Crippen LogP contribution in [0.2, 0.25) is 0 Å². The van der Waals surface area contributed by atoms with E-state index in [2.05, 4.69) is 15.9 Å². The van der Waals surface area contributed by atoms with Gasteiger partial charge >= 0.3 is 5.97 Å². The number of nitrogens with zero attached hydrogens (tertiary/aromatic N) is 1. The summed E-state index contributed by atoms with van der Waals surface area (Å²) < 4.78 is 10.6. The Bertz CT molecular complexity index is 624. The quantitative estimate of drug-likeness (QED) is 0.337. The highest BCUT2D eigenvalue weighted by Crippen LogP contribution is 2.53. The number of esters is 1. The van der Waals surface area contributed by atoms with Crippen molar-refractivity contribution >= 4 is 39.6 Å². The van der Waals surface area contributed by atoms with E-state index in [-0.39, 0.29) is 16.1 Å².